The van der Waals surface area contributed by atoms with Crippen molar-refractivity contribution >= 4 is 11.6 Å². The van der Waals surface area contributed by atoms with Crippen LogP contribution in [-0.2, 0) is 0 Å². The first kappa shape index (κ1) is 20.9. The number of methoxy groups -OCH3 is 3. The van der Waals surface area contributed by atoms with Crippen LogP contribution in [0, 0.1) is 15.9 Å². The first-order valence-electron chi connectivity index (χ1n) is 8.26. The summed E-state index contributed by atoms with van der Waals surface area (Å²) in [5, 5.41) is 11.7. The summed E-state index contributed by atoms with van der Waals surface area (Å²) in [6.45, 7) is 1.73. The van der Waals surface area contributed by atoms with Gasteiger partial charge in [0.25, 0.3) is 5.91 Å². The van der Waals surface area contributed by atoms with E-state index in [1.54, 1.807) is 19.1 Å². The van der Waals surface area contributed by atoms with Crippen molar-refractivity contribution in [3.63, 3.8) is 0 Å². The molecule has 0 bridgehead atoms. The molecule has 0 fully saturated rings. The number of amides is 1. The van der Waals surface area contributed by atoms with E-state index in [-0.39, 0.29) is 22.8 Å². The quantitative estimate of drug-likeness (QED) is 0.528. The lowest BCUT2D eigenvalue weighted by Crippen LogP contribution is -2.30. The fourth-order valence-electron chi connectivity index (χ4n) is 2.82. The van der Waals surface area contributed by atoms with Crippen LogP contribution in [0.15, 0.2) is 30.3 Å². The number of benzene rings is 2. The highest BCUT2D eigenvalue weighted by Crippen LogP contribution is 2.46. The number of halogens is 1. The normalized spacial score (nSPS) is 11.5. The van der Waals surface area contributed by atoms with Gasteiger partial charge in [-0.25, -0.2) is 4.39 Å². The molecule has 1 unspecified atom stereocenters. The number of carbonyl (C=O) groups is 1. The molecule has 0 saturated carbocycles. The number of nitrogens with zero attached hydrogens (tertiary/aromatic N) is 2. The summed E-state index contributed by atoms with van der Waals surface area (Å²) in [7, 11) is 5.41. The van der Waals surface area contributed by atoms with E-state index in [2.05, 4.69) is 0 Å². The Morgan fingerprint density at radius 3 is 2.14 bits per heavy atom. The molecule has 1 amide bonds. The molecule has 2 rings (SSSR count). The fraction of sp³-hybridized carbons (Fsp3) is 0.316. The van der Waals surface area contributed by atoms with Crippen LogP contribution in [0.3, 0.4) is 0 Å². The highest BCUT2D eigenvalue weighted by Gasteiger charge is 2.34. The summed E-state index contributed by atoms with van der Waals surface area (Å²) in [5.74, 6) is -1.09. The SMILES string of the molecule is COc1cc(C(=O)N(C)C(C)c2ccc(F)cc2)c([N+](=O)[O-])c(OC)c1OC. The monoisotopic (exact) mass is 392 g/mol. The largest absolute Gasteiger partial charge is 0.493 e. The van der Waals surface area contributed by atoms with E-state index in [1.165, 1.54) is 51.5 Å². The molecule has 0 aliphatic carbocycles. The Balaban J connectivity index is 2.56. The molecule has 2 aromatic carbocycles. The second kappa shape index (κ2) is 8.55. The molecular formula is C19H21FN2O6. The van der Waals surface area contributed by atoms with Crippen LogP contribution in [0.25, 0.3) is 0 Å². The molecule has 0 aliphatic rings. The van der Waals surface area contributed by atoms with Gasteiger partial charge in [-0.1, -0.05) is 12.1 Å². The Bertz CT molecular complexity index is 885. The molecule has 0 spiro atoms. The van der Waals surface area contributed by atoms with E-state index >= 15 is 0 Å². The molecule has 150 valence electrons. The van der Waals surface area contributed by atoms with Crippen LogP contribution in [0.1, 0.15) is 28.9 Å². The zero-order valence-corrected chi connectivity index (χ0v) is 16.2. The Hall–Kier alpha value is -3.36. The van der Waals surface area contributed by atoms with Gasteiger partial charge in [-0.15, -0.1) is 0 Å². The summed E-state index contributed by atoms with van der Waals surface area (Å²) >= 11 is 0. The van der Waals surface area contributed by atoms with E-state index in [0.717, 1.165) is 0 Å². The van der Waals surface area contributed by atoms with Crippen LogP contribution in [0.4, 0.5) is 10.1 Å². The molecule has 8 nitrogen and oxygen atoms in total. The van der Waals surface area contributed by atoms with Gasteiger partial charge < -0.3 is 19.1 Å². The minimum absolute atomic E-state index is 0.0162. The van der Waals surface area contributed by atoms with Gasteiger partial charge in [-0.05, 0) is 24.6 Å². The highest BCUT2D eigenvalue weighted by atomic mass is 19.1. The third kappa shape index (κ3) is 3.83. The van der Waals surface area contributed by atoms with Gasteiger partial charge in [-0.3, -0.25) is 14.9 Å². The van der Waals surface area contributed by atoms with Crippen LogP contribution >= 0.6 is 0 Å². The van der Waals surface area contributed by atoms with Crippen LogP contribution in [-0.4, -0.2) is 44.1 Å². The Morgan fingerprint density at radius 1 is 1.11 bits per heavy atom. The smallest absolute Gasteiger partial charge is 0.327 e. The molecule has 0 aromatic heterocycles. The Labute approximate surface area is 161 Å². The van der Waals surface area contributed by atoms with Gasteiger partial charge in [0.05, 0.1) is 32.3 Å². The molecule has 0 saturated heterocycles. The predicted octanol–water partition coefficient (Wildman–Crippen LogP) is 3.59. The molecule has 0 radical (unpaired) electrons. The zero-order chi connectivity index (χ0) is 21.0. The van der Waals surface area contributed by atoms with Gasteiger partial charge in [0, 0.05) is 13.1 Å². The Kier molecular flexibility index (Phi) is 6.40. The predicted molar refractivity (Wildman–Crippen MR) is 99.7 cm³/mol. The van der Waals surface area contributed by atoms with E-state index in [4.69, 9.17) is 14.2 Å². The Morgan fingerprint density at radius 2 is 1.68 bits per heavy atom. The summed E-state index contributed by atoms with van der Waals surface area (Å²) in [6, 6.07) is 6.45. The molecule has 1 atom stereocenters. The van der Waals surface area contributed by atoms with Crippen molar-refractivity contribution in [2.75, 3.05) is 28.4 Å². The molecule has 0 aliphatic heterocycles. The van der Waals surface area contributed by atoms with Crippen LogP contribution in [0.2, 0.25) is 0 Å². The maximum Gasteiger partial charge on any atom is 0.327 e. The van der Waals surface area contributed by atoms with Gasteiger partial charge in [0.15, 0.2) is 5.75 Å². The molecule has 28 heavy (non-hydrogen) atoms. The minimum atomic E-state index is -0.704. The zero-order valence-electron chi connectivity index (χ0n) is 16.2. The first-order valence-corrected chi connectivity index (χ1v) is 8.26. The molecule has 9 heteroatoms. The summed E-state index contributed by atoms with van der Waals surface area (Å²) in [4.78, 5) is 25.4. The summed E-state index contributed by atoms with van der Waals surface area (Å²) in [5.41, 5.74) is -0.0633. The van der Waals surface area contributed by atoms with Crippen molar-refractivity contribution in [3.05, 3.63) is 57.4 Å². The second-order valence-electron chi connectivity index (χ2n) is 5.94. The van der Waals surface area contributed by atoms with E-state index in [9.17, 15) is 19.3 Å². The lowest BCUT2D eigenvalue weighted by molar-refractivity contribution is -0.386. The summed E-state index contributed by atoms with van der Waals surface area (Å²) < 4.78 is 28.7. The van der Waals surface area contributed by atoms with E-state index in [0.29, 0.717) is 5.56 Å². The number of nitro groups is 1. The van der Waals surface area contributed by atoms with E-state index in [1.807, 2.05) is 0 Å². The van der Waals surface area contributed by atoms with Crippen LogP contribution < -0.4 is 14.2 Å². The number of rotatable bonds is 7. The lowest BCUT2D eigenvalue weighted by atomic mass is 10.0. The number of nitro benzene ring substituents is 1. The fourth-order valence-corrected chi connectivity index (χ4v) is 2.82. The average Bonchev–Trinajstić information content (AvgIpc) is 2.70. The maximum atomic E-state index is 13.2. The van der Waals surface area contributed by atoms with Crippen molar-refractivity contribution < 1.29 is 28.3 Å². The van der Waals surface area contributed by atoms with Gasteiger partial charge in [0.2, 0.25) is 11.5 Å². The van der Waals surface area contributed by atoms with Crippen LogP contribution in [0.5, 0.6) is 17.2 Å². The third-order valence-corrected chi connectivity index (χ3v) is 4.47. The average molecular weight is 392 g/mol. The molecule has 0 N–H and O–H groups in total. The molecular weight excluding hydrogens is 371 g/mol. The van der Waals surface area contributed by atoms with E-state index < -0.39 is 28.4 Å². The number of carbonyl (C=O) groups excluding carboxylic acids is 1. The van der Waals surface area contributed by atoms with Crippen molar-refractivity contribution in [3.8, 4) is 17.2 Å². The van der Waals surface area contributed by atoms with Crippen molar-refractivity contribution in [1.29, 1.82) is 0 Å². The standard InChI is InChI=1S/C19H21FN2O6/c1-11(12-6-8-13(20)9-7-12)21(2)19(23)14-10-15(26-3)17(27-4)18(28-5)16(14)22(24)25/h6-11H,1-5H3. The lowest BCUT2D eigenvalue weighted by Gasteiger charge is -2.26. The summed E-state index contributed by atoms with van der Waals surface area (Å²) in [6.07, 6.45) is 0. The van der Waals surface area contributed by atoms with Gasteiger partial charge in [-0.2, -0.15) is 0 Å². The van der Waals surface area contributed by atoms with Crippen molar-refractivity contribution in [2.45, 2.75) is 13.0 Å². The second-order valence-corrected chi connectivity index (χ2v) is 5.94. The van der Waals surface area contributed by atoms with Gasteiger partial charge >= 0.3 is 5.69 Å². The van der Waals surface area contributed by atoms with Crippen molar-refractivity contribution in [2.24, 2.45) is 0 Å². The maximum absolute atomic E-state index is 13.2. The minimum Gasteiger partial charge on any atom is -0.493 e. The first-order chi connectivity index (χ1) is 13.3. The van der Waals surface area contributed by atoms with Gasteiger partial charge in [0.1, 0.15) is 11.4 Å². The number of hydrogen-bond acceptors (Lipinski definition) is 6. The number of hydrogen-bond donors (Lipinski definition) is 0. The topological polar surface area (TPSA) is 91.1 Å². The molecule has 2 aromatic rings. The number of ether oxygens (including phenoxy) is 3. The highest BCUT2D eigenvalue weighted by molar-refractivity contribution is 6.00. The van der Waals surface area contributed by atoms with Crippen molar-refractivity contribution in [1.82, 2.24) is 4.90 Å². The molecule has 0 heterocycles. The third-order valence-electron chi connectivity index (χ3n) is 4.47.